The van der Waals surface area contributed by atoms with Crippen LogP contribution < -0.4 is 5.73 Å². The second kappa shape index (κ2) is 4.95. The lowest BCUT2D eigenvalue weighted by Crippen LogP contribution is -2.01. The zero-order chi connectivity index (χ0) is 12.3. The maximum Gasteiger partial charge on any atom is 0.0692 e. The smallest absolute Gasteiger partial charge is 0.0692 e. The van der Waals surface area contributed by atoms with Crippen LogP contribution in [0.4, 0.5) is 5.69 Å². The van der Waals surface area contributed by atoms with Crippen molar-refractivity contribution in [1.29, 1.82) is 0 Å². The van der Waals surface area contributed by atoms with E-state index in [0.717, 1.165) is 29.1 Å². The molecule has 2 aromatic heterocycles. The summed E-state index contributed by atoms with van der Waals surface area (Å²) in [6, 6.07) is 6.09. The normalized spacial score (nSPS) is 10.5. The molecule has 3 nitrogen and oxygen atoms in total. The van der Waals surface area contributed by atoms with Crippen molar-refractivity contribution >= 4 is 5.69 Å². The zero-order valence-corrected chi connectivity index (χ0v) is 10.3. The van der Waals surface area contributed by atoms with Gasteiger partial charge in [-0.05, 0) is 36.6 Å². The molecule has 88 valence electrons. The molecule has 0 fully saturated rings. The molecule has 0 saturated heterocycles. The van der Waals surface area contributed by atoms with Crippen LogP contribution in [-0.4, -0.2) is 9.97 Å². The minimum Gasteiger partial charge on any atom is -0.397 e. The van der Waals surface area contributed by atoms with E-state index in [4.69, 9.17) is 5.73 Å². The third-order valence-corrected chi connectivity index (χ3v) is 2.78. The first kappa shape index (κ1) is 11.6. The van der Waals surface area contributed by atoms with Gasteiger partial charge in [-0.25, -0.2) is 0 Å². The monoisotopic (exact) mass is 227 g/mol. The van der Waals surface area contributed by atoms with Gasteiger partial charge in [0.25, 0.3) is 0 Å². The number of nitrogen functional groups attached to an aromatic ring is 1. The molecule has 0 aliphatic heterocycles. The summed E-state index contributed by atoms with van der Waals surface area (Å²) < 4.78 is 0. The van der Waals surface area contributed by atoms with Crippen molar-refractivity contribution < 1.29 is 0 Å². The van der Waals surface area contributed by atoms with Gasteiger partial charge in [0.05, 0.1) is 11.4 Å². The van der Waals surface area contributed by atoms with Crippen LogP contribution >= 0.6 is 0 Å². The molecule has 0 spiro atoms. The Hall–Kier alpha value is -1.90. The van der Waals surface area contributed by atoms with E-state index in [-0.39, 0.29) is 0 Å². The van der Waals surface area contributed by atoms with Crippen LogP contribution in [-0.2, 0) is 12.8 Å². The first-order chi connectivity index (χ1) is 8.19. The van der Waals surface area contributed by atoms with E-state index >= 15 is 0 Å². The summed E-state index contributed by atoms with van der Waals surface area (Å²) in [7, 11) is 0. The molecular weight excluding hydrogens is 210 g/mol. The lowest BCUT2D eigenvalue weighted by atomic mass is 10.1. The zero-order valence-electron chi connectivity index (χ0n) is 10.3. The van der Waals surface area contributed by atoms with Crippen LogP contribution in [0.5, 0.6) is 0 Å². The van der Waals surface area contributed by atoms with Crippen LogP contribution in [0.25, 0.3) is 0 Å². The van der Waals surface area contributed by atoms with Crippen molar-refractivity contribution in [3.63, 3.8) is 0 Å². The standard InChI is InChI=1S/C14H17N3/c1-3-11-4-5-12(16-9-11)7-14-13(15)6-10(2)8-17-14/h4-6,8-9H,3,7,15H2,1-2H3. The number of rotatable bonds is 3. The number of nitrogens with two attached hydrogens (primary N) is 1. The van der Waals surface area contributed by atoms with Gasteiger partial charge in [-0.3, -0.25) is 9.97 Å². The topological polar surface area (TPSA) is 51.8 Å². The molecule has 0 atom stereocenters. The molecule has 0 bridgehead atoms. The second-order valence-corrected chi connectivity index (χ2v) is 4.24. The SMILES string of the molecule is CCc1ccc(Cc2ncc(C)cc2N)nc1. The summed E-state index contributed by atoms with van der Waals surface area (Å²) in [4.78, 5) is 8.76. The highest BCUT2D eigenvalue weighted by molar-refractivity contribution is 5.46. The largest absolute Gasteiger partial charge is 0.397 e. The summed E-state index contributed by atoms with van der Waals surface area (Å²) >= 11 is 0. The minimum atomic E-state index is 0.691. The number of anilines is 1. The average molecular weight is 227 g/mol. The molecular formula is C14H17N3. The lowest BCUT2D eigenvalue weighted by Gasteiger charge is -2.05. The molecule has 0 aliphatic rings. The van der Waals surface area contributed by atoms with Gasteiger partial charge in [0.15, 0.2) is 0 Å². The van der Waals surface area contributed by atoms with Crippen molar-refractivity contribution in [2.75, 3.05) is 5.73 Å². The third-order valence-electron chi connectivity index (χ3n) is 2.78. The Kier molecular flexibility index (Phi) is 3.38. The minimum absolute atomic E-state index is 0.691. The molecule has 0 aliphatic carbocycles. The molecule has 2 heterocycles. The van der Waals surface area contributed by atoms with E-state index in [2.05, 4.69) is 23.0 Å². The first-order valence-electron chi connectivity index (χ1n) is 5.84. The third kappa shape index (κ3) is 2.81. The van der Waals surface area contributed by atoms with Gasteiger partial charge in [-0.1, -0.05) is 13.0 Å². The number of aryl methyl sites for hydroxylation is 2. The quantitative estimate of drug-likeness (QED) is 0.876. The molecule has 0 amide bonds. The van der Waals surface area contributed by atoms with E-state index in [1.54, 1.807) is 0 Å². The van der Waals surface area contributed by atoms with Crippen LogP contribution in [0.2, 0.25) is 0 Å². The van der Waals surface area contributed by atoms with Gasteiger partial charge in [0.2, 0.25) is 0 Å². The predicted molar refractivity (Wildman–Crippen MR) is 69.8 cm³/mol. The Morgan fingerprint density at radius 2 is 2.00 bits per heavy atom. The number of hydrogen-bond acceptors (Lipinski definition) is 3. The van der Waals surface area contributed by atoms with Gasteiger partial charge in [-0.2, -0.15) is 0 Å². The van der Waals surface area contributed by atoms with E-state index in [1.165, 1.54) is 5.56 Å². The summed E-state index contributed by atoms with van der Waals surface area (Å²) in [5, 5.41) is 0. The van der Waals surface area contributed by atoms with Crippen molar-refractivity contribution in [2.45, 2.75) is 26.7 Å². The first-order valence-corrected chi connectivity index (χ1v) is 5.84. The van der Waals surface area contributed by atoms with Crippen LogP contribution in [0, 0.1) is 6.92 Å². The summed E-state index contributed by atoms with van der Waals surface area (Å²) in [5.74, 6) is 0. The van der Waals surface area contributed by atoms with Crippen molar-refractivity contribution in [2.24, 2.45) is 0 Å². The number of hydrogen-bond donors (Lipinski definition) is 1. The van der Waals surface area contributed by atoms with Crippen LogP contribution in [0.3, 0.4) is 0 Å². The summed E-state index contributed by atoms with van der Waals surface area (Å²) in [5.41, 5.74) is 10.9. The van der Waals surface area contributed by atoms with Gasteiger partial charge < -0.3 is 5.73 Å². The lowest BCUT2D eigenvalue weighted by molar-refractivity contribution is 0.991. The molecule has 17 heavy (non-hydrogen) atoms. The van der Waals surface area contributed by atoms with Crippen molar-refractivity contribution in [3.8, 4) is 0 Å². The van der Waals surface area contributed by atoms with E-state index in [0.29, 0.717) is 6.42 Å². The second-order valence-electron chi connectivity index (χ2n) is 4.24. The maximum atomic E-state index is 5.94. The summed E-state index contributed by atoms with van der Waals surface area (Å²) in [6.07, 6.45) is 5.46. The molecule has 2 N–H and O–H groups in total. The Labute approximate surface area is 102 Å². The fraction of sp³-hybridized carbons (Fsp3) is 0.286. The number of aromatic nitrogens is 2. The Balaban J connectivity index is 2.19. The van der Waals surface area contributed by atoms with E-state index < -0.39 is 0 Å². The highest BCUT2D eigenvalue weighted by atomic mass is 14.8. The van der Waals surface area contributed by atoms with Crippen LogP contribution in [0.1, 0.15) is 29.4 Å². The van der Waals surface area contributed by atoms with Crippen molar-refractivity contribution in [1.82, 2.24) is 9.97 Å². The molecule has 0 radical (unpaired) electrons. The van der Waals surface area contributed by atoms with Crippen LogP contribution in [0.15, 0.2) is 30.6 Å². The Morgan fingerprint density at radius 3 is 2.59 bits per heavy atom. The van der Waals surface area contributed by atoms with Gasteiger partial charge in [0.1, 0.15) is 0 Å². The number of pyridine rings is 2. The van der Waals surface area contributed by atoms with Gasteiger partial charge in [-0.15, -0.1) is 0 Å². The summed E-state index contributed by atoms with van der Waals surface area (Å²) in [6.45, 7) is 4.11. The molecule has 3 heteroatoms. The maximum absolute atomic E-state index is 5.94. The predicted octanol–water partition coefficient (Wildman–Crippen LogP) is 2.52. The molecule has 2 aromatic rings. The molecule has 0 saturated carbocycles. The fourth-order valence-corrected chi connectivity index (χ4v) is 1.71. The van der Waals surface area contributed by atoms with Crippen molar-refractivity contribution in [3.05, 3.63) is 53.1 Å². The number of nitrogens with zero attached hydrogens (tertiary/aromatic N) is 2. The Morgan fingerprint density at radius 1 is 1.18 bits per heavy atom. The Bertz CT molecular complexity index is 503. The average Bonchev–Trinajstić information content (AvgIpc) is 2.34. The van der Waals surface area contributed by atoms with Gasteiger partial charge >= 0.3 is 0 Å². The fourth-order valence-electron chi connectivity index (χ4n) is 1.71. The highest BCUT2D eigenvalue weighted by Gasteiger charge is 2.03. The highest BCUT2D eigenvalue weighted by Crippen LogP contribution is 2.14. The molecule has 0 aromatic carbocycles. The van der Waals surface area contributed by atoms with E-state index in [9.17, 15) is 0 Å². The molecule has 0 unspecified atom stereocenters. The van der Waals surface area contributed by atoms with E-state index in [1.807, 2.05) is 31.5 Å². The molecule has 2 rings (SSSR count). The van der Waals surface area contributed by atoms with Gasteiger partial charge in [0, 0.05) is 24.5 Å².